The van der Waals surface area contributed by atoms with Crippen molar-refractivity contribution in [2.45, 2.75) is 64.7 Å². The molecule has 3 rings (SSSR count). The van der Waals surface area contributed by atoms with Crippen LogP contribution in [0.25, 0.3) is 0 Å². The lowest BCUT2D eigenvalue weighted by molar-refractivity contribution is -0.161. The van der Waals surface area contributed by atoms with E-state index >= 15 is 0 Å². The summed E-state index contributed by atoms with van der Waals surface area (Å²) < 4.78 is 24.8. The van der Waals surface area contributed by atoms with Gasteiger partial charge in [0.2, 0.25) is 0 Å². The molecular weight excluding hydrogens is 423 g/mol. The first-order chi connectivity index (χ1) is 15.3. The minimum Gasteiger partial charge on any atom is -0.458 e. The van der Waals surface area contributed by atoms with E-state index in [2.05, 4.69) is 0 Å². The smallest absolute Gasteiger partial charge is 0.416 e. The number of carbonyl (C=O) groups is 2. The van der Waals surface area contributed by atoms with Crippen molar-refractivity contribution in [1.29, 1.82) is 0 Å². The first-order valence-electron chi connectivity index (χ1n) is 10.9. The summed E-state index contributed by atoms with van der Waals surface area (Å²) >= 11 is 0. The molecule has 2 aromatic carbocycles. The molecule has 0 saturated heterocycles. The zero-order chi connectivity index (χ0) is 24.4. The molecule has 0 spiro atoms. The van der Waals surface area contributed by atoms with Crippen molar-refractivity contribution in [1.82, 2.24) is 4.90 Å². The van der Waals surface area contributed by atoms with Gasteiger partial charge in [-0.2, -0.15) is 0 Å². The van der Waals surface area contributed by atoms with Gasteiger partial charge in [-0.3, -0.25) is 4.90 Å². The average molecular weight is 455 g/mol. The number of ether oxygens (including phenoxy) is 2. The molecule has 1 heterocycles. The molecule has 1 atom stereocenters. The van der Waals surface area contributed by atoms with E-state index < -0.39 is 28.8 Å². The fourth-order valence-corrected chi connectivity index (χ4v) is 3.50. The fraction of sp³-hybridized carbons (Fsp3) is 0.423. The van der Waals surface area contributed by atoms with Crippen LogP contribution in [0.5, 0.6) is 0 Å². The summed E-state index contributed by atoms with van der Waals surface area (Å²) in [5, 5.41) is 0. The molecule has 0 aliphatic carbocycles. The van der Waals surface area contributed by atoms with Gasteiger partial charge in [0, 0.05) is 12.0 Å². The first-order valence-corrected chi connectivity index (χ1v) is 10.9. The monoisotopic (exact) mass is 454 g/mol. The van der Waals surface area contributed by atoms with Gasteiger partial charge in [0.05, 0.1) is 6.54 Å². The number of halogens is 1. The predicted molar refractivity (Wildman–Crippen MR) is 125 cm³/mol. The number of benzene rings is 2. The Bertz CT molecular complexity index is 1040. The molecule has 0 aromatic heterocycles. The number of hydrogen-bond acceptors (Lipinski definition) is 5. The summed E-state index contributed by atoms with van der Waals surface area (Å²) in [6.07, 6.45) is -0.465. The Kier molecular flexibility index (Phi) is 6.63. The molecule has 1 aliphatic heterocycles. The Morgan fingerprint density at radius 3 is 2.06 bits per heavy atom. The lowest BCUT2D eigenvalue weighted by Gasteiger charge is -2.30. The Labute approximate surface area is 194 Å². The second-order valence-corrected chi connectivity index (χ2v) is 10.2. The van der Waals surface area contributed by atoms with E-state index in [-0.39, 0.29) is 18.8 Å². The van der Waals surface area contributed by atoms with Crippen LogP contribution in [0.15, 0.2) is 59.6 Å². The highest BCUT2D eigenvalue weighted by Crippen LogP contribution is 2.32. The van der Waals surface area contributed by atoms with Crippen LogP contribution in [-0.4, -0.2) is 46.1 Å². The van der Waals surface area contributed by atoms with Crippen LogP contribution in [0.4, 0.5) is 9.18 Å². The van der Waals surface area contributed by atoms with E-state index in [9.17, 15) is 14.0 Å². The summed E-state index contributed by atoms with van der Waals surface area (Å²) in [6.45, 7) is 10.6. The zero-order valence-electron chi connectivity index (χ0n) is 20.0. The van der Waals surface area contributed by atoms with Crippen molar-refractivity contribution >= 4 is 17.9 Å². The third-order valence-electron chi connectivity index (χ3n) is 4.83. The average Bonchev–Trinajstić information content (AvgIpc) is 3.09. The van der Waals surface area contributed by atoms with E-state index in [1.807, 2.05) is 30.3 Å². The number of amidine groups is 1. The van der Waals surface area contributed by atoms with Gasteiger partial charge in [-0.05, 0) is 59.2 Å². The minimum atomic E-state index is -1.41. The topological polar surface area (TPSA) is 68.2 Å². The maximum absolute atomic E-state index is 13.5. The van der Waals surface area contributed by atoms with E-state index in [0.717, 1.165) is 0 Å². The lowest BCUT2D eigenvalue weighted by atomic mass is 9.91. The number of aliphatic imine (C=N–C) groups is 1. The molecular formula is C26H31FN2O4. The third kappa shape index (κ3) is 6.18. The van der Waals surface area contributed by atoms with Crippen LogP contribution < -0.4 is 0 Å². The molecule has 6 nitrogen and oxygen atoms in total. The molecule has 0 fully saturated rings. The standard InChI is InChI=1S/C26H31FN2O4/c1-24(2,3)32-22(30)26(16-18-12-14-20(27)15-13-18)17-29(23(31)33-25(4,5)6)21(28-26)19-10-8-7-9-11-19/h7-15H,16-17H2,1-6H3/t26-/m0/s1. The molecule has 2 aromatic rings. The van der Waals surface area contributed by atoms with Crippen molar-refractivity contribution in [3.05, 3.63) is 71.5 Å². The summed E-state index contributed by atoms with van der Waals surface area (Å²) in [7, 11) is 0. The van der Waals surface area contributed by atoms with Crippen molar-refractivity contribution in [2.75, 3.05) is 6.54 Å². The minimum absolute atomic E-state index is 0.0571. The van der Waals surface area contributed by atoms with Crippen molar-refractivity contribution in [3.63, 3.8) is 0 Å². The molecule has 0 radical (unpaired) electrons. The number of rotatable bonds is 4. The van der Waals surface area contributed by atoms with Crippen LogP contribution in [0.3, 0.4) is 0 Å². The summed E-state index contributed by atoms with van der Waals surface area (Å²) in [5.74, 6) is -0.600. The van der Waals surface area contributed by atoms with E-state index in [1.54, 1.807) is 53.7 Å². The van der Waals surface area contributed by atoms with Gasteiger partial charge in [0.1, 0.15) is 22.9 Å². The SMILES string of the molecule is CC(C)(C)OC(=O)N1C[C@@](Cc2ccc(F)cc2)(C(=O)OC(C)(C)C)N=C1c1ccccc1. The van der Waals surface area contributed by atoms with Crippen molar-refractivity contribution in [2.24, 2.45) is 4.99 Å². The normalized spacial score (nSPS) is 18.6. The Morgan fingerprint density at radius 1 is 0.939 bits per heavy atom. The van der Waals surface area contributed by atoms with Crippen LogP contribution in [0.2, 0.25) is 0 Å². The van der Waals surface area contributed by atoms with Gasteiger partial charge >= 0.3 is 12.1 Å². The molecule has 1 aliphatic rings. The third-order valence-corrected chi connectivity index (χ3v) is 4.83. The highest BCUT2D eigenvalue weighted by Gasteiger charge is 2.51. The predicted octanol–water partition coefficient (Wildman–Crippen LogP) is 5.15. The van der Waals surface area contributed by atoms with E-state index in [4.69, 9.17) is 14.5 Å². The number of esters is 1. The highest BCUT2D eigenvalue weighted by atomic mass is 19.1. The largest absolute Gasteiger partial charge is 0.458 e. The number of amides is 1. The quantitative estimate of drug-likeness (QED) is 0.600. The maximum Gasteiger partial charge on any atom is 0.416 e. The van der Waals surface area contributed by atoms with Crippen LogP contribution in [0.1, 0.15) is 52.7 Å². The van der Waals surface area contributed by atoms with Gasteiger partial charge in [0.25, 0.3) is 0 Å². The molecule has 0 N–H and O–H groups in total. The lowest BCUT2D eigenvalue weighted by Crippen LogP contribution is -2.49. The molecule has 0 unspecified atom stereocenters. The number of carbonyl (C=O) groups excluding carboxylic acids is 2. The van der Waals surface area contributed by atoms with Crippen LogP contribution >= 0.6 is 0 Å². The molecule has 1 amide bonds. The molecule has 176 valence electrons. The van der Waals surface area contributed by atoms with Gasteiger partial charge in [-0.1, -0.05) is 42.5 Å². The van der Waals surface area contributed by atoms with Crippen molar-refractivity contribution < 1.29 is 23.5 Å². The molecule has 33 heavy (non-hydrogen) atoms. The number of nitrogens with zero attached hydrogens (tertiary/aromatic N) is 2. The summed E-state index contributed by atoms with van der Waals surface area (Å²) in [6, 6.07) is 15.0. The van der Waals surface area contributed by atoms with E-state index in [0.29, 0.717) is 17.0 Å². The van der Waals surface area contributed by atoms with Gasteiger partial charge in [-0.15, -0.1) is 0 Å². The fourth-order valence-electron chi connectivity index (χ4n) is 3.50. The Balaban J connectivity index is 2.10. The van der Waals surface area contributed by atoms with Gasteiger partial charge in [-0.25, -0.2) is 19.0 Å². The maximum atomic E-state index is 13.5. The van der Waals surface area contributed by atoms with Crippen molar-refractivity contribution in [3.8, 4) is 0 Å². The molecule has 0 saturated carbocycles. The molecule has 7 heteroatoms. The van der Waals surface area contributed by atoms with Gasteiger partial charge in [0.15, 0.2) is 5.54 Å². The highest BCUT2D eigenvalue weighted by molar-refractivity contribution is 6.10. The second-order valence-electron chi connectivity index (χ2n) is 10.2. The Hall–Kier alpha value is -3.22. The van der Waals surface area contributed by atoms with Gasteiger partial charge < -0.3 is 9.47 Å². The van der Waals surface area contributed by atoms with E-state index in [1.165, 1.54) is 17.0 Å². The second kappa shape index (κ2) is 8.96. The van der Waals surface area contributed by atoms with Crippen LogP contribution in [-0.2, 0) is 20.7 Å². The summed E-state index contributed by atoms with van der Waals surface area (Å²) in [5.41, 5.74) is -1.52. The zero-order valence-corrected chi connectivity index (χ0v) is 20.0. The first kappa shape index (κ1) is 24.4. The molecule has 0 bridgehead atoms. The van der Waals surface area contributed by atoms with Crippen LogP contribution in [0, 0.1) is 5.82 Å². The summed E-state index contributed by atoms with van der Waals surface area (Å²) in [4.78, 5) is 32.8. The Morgan fingerprint density at radius 2 is 1.52 bits per heavy atom. The number of hydrogen-bond donors (Lipinski definition) is 0.